The molecule has 0 unspecified atom stereocenters. The summed E-state index contributed by atoms with van der Waals surface area (Å²) in [5, 5.41) is 16.3. The van der Waals surface area contributed by atoms with Crippen molar-refractivity contribution in [2.75, 3.05) is 0 Å². The molecule has 2 N–H and O–H groups in total. The number of hydrogen-bond donors (Lipinski definition) is 2. The average Bonchev–Trinajstić information content (AvgIpc) is 2.16. The molecule has 0 radical (unpaired) electrons. The lowest BCUT2D eigenvalue weighted by Crippen LogP contribution is -1.97. The number of aliphatic carboxylic acids is 2. The zero-order chi connectivity index (χ0) is 13.0. The van der Waals surface area contributed by atoms with Crippen molar-refractivity contribution in [2.45, 2.75) is 46.5 Å². The largest absolute Gasteiger partial charge is 0.481 e. The summed E-state index contributed by atoms with van der Waals surface area (Å²) in [5.41, 5.74) is 0. The Balaban J connectivity index is 0. The highest BCUT2D eigenvalue weighted by Crippen LogP contribution is 2.01. The van der Waals surface area contributed by atoms with Gasteiger partial charge in [0.25, 0.3) is 0 Å². The summed E-state index contributed by atoms with van der Waals surface area (Å²) in [6.45, 7) is 6.00. The minimum Gasteiger partial charge on any atom is -0.481 e. The van der Waals surface area contributed by atoms with Crippen molar-refractivity contribution in [1.82, 2.24) is 0 Å². The van der Waals surface area contributed by atoms with E-state index in [0.717, 1.165) is 12.8 Å². The van der Waals surface area contributed by atoms with Crippen molar-refractivity contribution < 1.29 is 19.8 Å². The van der Waals surface area contributed by atoms with Crippen molar-refractivity contribution in [2.24, 2.45) is 5.92 Å². The zero-order valence-electron chi connectivity index (χ0n) is 10.3. The number of carboxylic acid groups (broad SMARTS) is 2. The van der Waals surface area contributed by atoms with E-state index in [-0.39, 0.29) is 6.42 Å². The first kappa shape index (κ1) is 17.1. The number of carboxylic acids is 2. The van der Waals surface area contributed by atoms with Gasteiger partial charge in [0.2, 0.25) is 0 Å². The molecule has 0 rings (SSSR count). The summed E-state index contributed by atoms with van der Waals surface area (Å²) in [7, 11) is 0. The van der Waals surface area contributed by atoms with Crippen LogP contribution in [0.15, 0.2) is 12.2 Å². The molecule has 0 aromatic heterocycles. The molecule has 0 aliphatic rings. The zero-order valence-corrected chi connectivity index (χ0v) is 10.3. The predicted octanol–water partition coefficient (Wildman–Crippen LogP) is 2.93. The third kappa shape index (κ3) is 23.0. The van der Waals surface area contributed by atoms with Crippen LogP contribution >= 0.6 is 0 Å². The maximum absolute atomic E-state index is 9.90. The van der Waals surface area contributed by atoms with Gasteiger partial charge in [-0.15, -0.1) is 0 Å². The van der Waals surface area contributed by atoms with Gasteiger partial charge in [-0.25, -0.2) is 0 Å². The molecule has 0 heterocycles. The minimum absolute atomic E-state index is 0.147. The molecule has 0 atom stereocenters. The second kappa shape index (κ2) is 11.8. The lowest BCUT2D eigenvalue weighted by atomic mass is 10.1. The Morgan fingerprint density at radius 2 is 1.69 bits per heavy atom. The molecule has 0 aromatic carbocycles. The van der Waals surface area contributed by atoms with E-state index in [0.29, 0.717) is 12.3 Å². The van der Waals surface area contributed by atoms with Gasteiger partial charge in [0.1, 0.15) is 0 Å². The van der Waals surface area contributed by atoms with E-state index in [1.54, 1.807) is 6.08 Å². The summed E-state index contributed by atoms with van der Waals surface area (Å²) < 4.78 is 0. The maximum atomic E-state index is 9.90. The molecule has 0 aliphatic carbocycles. The first-order chi connectivity index (χ1) is 7.40. The van der Waals surface area contributed by atoms with Crippen LogP contribution in [0.3, 0.4) is 0 Å². The fraction of sp³-hybridized carbons (Fsp3) is 0.667. The molecule has 0 amide bonds. The molecule has 4 nitrogen and oxygen atoms in total. The molecule has 0 bridgehead atoms. The minimum atomic E-state index is -0.769. The number of carbonyl (C=O) groups is 2. The molecule has 0 saturated heterocycles. The summed E-state index contributed by atoms with van der Waals surface area (Å²) in [5.74, 6) is -0.959. The normalized spacial score (nSPS) is 10.0. The molecule has 4 heteroatoms. The molecule has 0 saturated carbocycles. The van der Waals surface area contributed by atoms with Crippen molar-refractivity contribution in [3.8, 4) is 0 Å². The van der Waals surface area contributed by atoms with Gasteiger partial charge in [-0.2, -0.15) is 0 Å². The first-order valence-corrected chi connectivity index (χ1v) is 5.48. The van der Waals surface area contributed by atoms with Crippen LogP contribution in [0.4, 0.5) is 0 Å². The van der Waals surface area contributed by atoms with Crippen LogP contribution in [0.5, 0.6) is 0 Å². The van der Waals surface area contributed by atoms with Crippen molar-refractivity contribution in [1.29, 1.82) is 0 Å². The first-order valence-electron chi connectivity index (χ1n) is 5.48. The van der Waals surface area contributed by atoms with Crippen LogP contribution in [0, 0.1) is 5.92 Å². The number of allylic oxidation sites excluding steroid dienone is 1. The van der Waals surface area contributed by atoms with E-state index in [9.17, 15) is 9.59 Å². The second-order valence-electron chi connectivity index (χ2n) is 3.80. The van der Waals surface area contributed by atoms with Gasteiger partial charge >= 0.3 is 11.9 Å². The van der Waals surface area contributed by atoms with Gasteiger partial charge in [0.05, 0.1) is 6.42 Å². The highest BCUT2D eigenvalue weighted by Gasteiger charge is 1.97. The fourth-order valence-corrected chi connectivity index (χ4v) is 0.763. The Morgan fingerprint density at radius 1 is 1.12 bits per heavy atom. The van der Waals surface area contributed by atoms with Crippen molar-refractivity contribution in [3.05, 3.63) is 12.2 Å². The Labute approximate surface area is 97.0 Å². The van der Waals surface area contributed by atoms with Crippen LogP contribution in [0.25, 0.3) is 0 Å². The SMILES string of the molecule is CC(C)CCC(=O)O.CCC=CCC(=O)O. The fourth-order valence-electron chi connectivity index (χ4n) is 0.763. The summed E-state index contributed by atoms with van der Waals surface area (Å²) >= 11 is 0. The highest BCUT2D eigenvalue weighted by atomic mass is 16.4. The van der Waals surface area contributed by atoms with Crippen molar-refractivity contribution in [3.63, 3.8) is 0 Å². The molecule has 16 heavy (non-hydrogen) atoms. The van der Waals surface area contributed by atoms with Crippen LogP contribution in [-0.4, -0.2) is 22.2 Å². The van der Waals surface area contributed by atoms with E-state index in [1.165, 1.54) is 0 Å². The predicted molar refractivity (Wildman–Crippen MR) is 63.4 cm³/mol. The van der Waals surface area contributed by atoms with Gasteiger partial charge in [0.15, 0.2) is 0 Å². The summed E-state index contributed by atoms with van der Waals surface area (Å²) in [4.78, 5) is 19.7. The lowest BCUT2D eigenvalue weighted by Gasteiger charge is -1.97. The third-order valence-electron chi connectivity index (χ3n) is 1.63. The molecule has 0 fully saturated rings. The monoisotopic (exact) mass is 230 g/mol. The maximum Gasteiger partial charge on any atom is 0.307 e. The summed E-state index contributed by atoms with van der Waals surface area (Å²) in [6, 6.07) is 0. The van der Waals surface area contributed by atoms with Crippen LogP contribution in [-0.2, 0) is 9.59 Å². The second-order valence-corrected chi connectivity index (χ2v) is 3.80. The van der Waals surface area contributed by atoms with Gasteiger partial charge in [0, 0.05) is 6.42 Å². The quantitative estimate of drug-likeness (QED) is 0.688. The Kier molecular flexibility index (Phi) is 12.6. The smallest absolute Gasteiger partial charge is 0.307 e. The van der Waals surface area contributed by atoms with Crippen LogP contribution < -0.4 is 0 Å². The average molecular weight is 230 g/mol. The van der Waals surface area contributed by atoms with E-state index < -0.39 is 11.9 Å². The molecule has 0 aliphatic heterocycles. The third-order valence-corrected chi connectivity index (χ3v) is 1.63. The highest BCUT2D eigenvalue weighted by molar-refractivity contribution is 5.68. The molecular formula is C12H22O4. The molecule has 0 spiro atoms. The molecule has 94 valence electrons. The Morgan fingerprint density at radius 3 is 1.94 bits per heavy atom. The van der Waals surface area contributed by atoms with Crippen LogP contribution in [0.1, 0.15) is 46.5 Å². The van der Waals surface area contributed by atoms with Crippen LogP contribution in [0.2, 0.25) is 0 Å². The van der Waals surface area contributed by atoms with Gasteiger partial charge in [-0.05, 0) is 18.8 Å². The van der Waals surface area contributed by atoms with E-state index in [2.05, 4.69) is 0 Å². The van der Waals surface area contributed by atoms with E-state index in [4.69, 9.17) is 10.2 Å². The van der Waals surface area contributed by atoms with Gasteiger partial charge in [-0.1, -0.05) is 32.9 Å². The Bertz CT molecular complexity index is 219. The van der Waals surface area contributed by atoms with Gasteiger partial charge < -0.3 is 10.2 Å². The lowest BCUT2D eigenvalue weighted by molar-refractivity contribution is -0.137. The number of rotatable bonds is 6. The van der Waals surface area contributed by atoms with Gasteiger partial charge in [-0.3, -0.25) is 9.59 Å². The molecule has 0 aromatic rings. The van der Waals surface area contributed by atoms with E-state index >= 15 is 0 Å². The summed E-state index contributed by atoms with van der Waals surface area (Å²) in [6.07, 6.45) is 5.64. The Hall–Kier alpha value is -1.32. The van der Waals surface area contributed by atoms with Crippen molar-refractivity contribution >= 4 is 11.9 Å². The standard InChI is InChI=1S/C6H12O2.C6H10O2/c1-5(2)3-4-6(7)8;1-2-3-4-5-6(7)8/h5H,3-4H2,1-2H3,(H,7,8);3-4H,2,5H2,1H3,(H,7,8). The number of hydrogen-bond acceptors (Lipinski definition) is 2. The topological polar surface area (TPSA) is 74.6 Å². The molecular weight excluding hydrogens is 208 g/mol. The van der Waals surface area contributed by atoms with E-state index in [1.807, 2.05) is 26.8 Å².